The molecule has 1 atom stereocenters. The monoisotopic (exact) mass is 492 g/mol. The largest absolute Gasteiger partial charge is 0.335 e. The van der Waals surface area contributed by atoms with E-state index in [1.807, 2.05) is 0 Å². The summed E-state index contributed by atoms with van der Waals surface area (Å²) in [4.78, 5) is 4.77. The van der Waals surface area contributed by atoms with Crippen LogP contribution >= 0.6 is 0 Å². The van der Waals surface area contributed by atoms with E-state index in [9.17, 15) is 0 Å². The number of rotatable bonds is 7. The van der Waals surface area contributed by atoms with Gasteiger partial charge in [-0.2, -0.15) is 0 Å². The summed E-state index contributed by atoms with van der Waals surface area (Å²) in [5.74, 6) is 0. The van der Waals surface area contributed by atoms with Crippen molar-refractivity contribution in [1.82, 2.24) is 0 Å². The van der Waals surface area contributed by atoms with Gasteiger partial charge in [0, 0.05) is 28.4 Å². The van der Waals surface area contributed by atoms with Gasteiger partial charge in [0.05, 0.1) is 6.04 Å². The molecule has 0 saturated heterocycles. The summed E-state index contributed by atoms with van der Waals surface area (Å²) in [6.45, 7) is 0. The summed E-state index contributed by atoms with van der Waals surface area (Å²) in [5.41, 5.74) is 8.39. The molecule has 2 aliphatic carbocycles. The van der Waals surface area contributed by atoms with Gasteiger partial charge in [0.25, 0.3) is 0 Å². The first-order chi connectivity index (χ1) is 18.9. The van der Waals surface area contributed by atoms with Crippen LogP contribution in [0.25, 0.3) is 11.1 Å². The maximum atomic E-state index is 2.47. The Labute approximate surface area is 226 Å². The Kier molecular flexibility index (Phi) is 7.04. The minimum absolute atomic E-state index is 0.334. The molecule has 0 radical (unpaired) electrons. The number of anilines is 4. The van der Waals surface area contributed by atoms with E-state index in [0.717, 1.165) is 36.3 Å². The highest BCUT2D eigenvalue weighted by molar-refractivity contribution is 5.78. The van der Waals surface area contributed by atoms with Gasteiger partial charge in [-0.1, -0.05) is 97.1 Å². The predicted octanol–water partition coefficient (Wildman–Crippen LogP) is 9.75. The summed E-state index contributed by atoms with van der Waals surface area (Å²) < 4.78 is 0. The average molecular weight is 493 g/mol. The zero-order valence-electron chi connectivity index (χ0n) is 21.5. The molecule has 0 N–H and O–H groups in total. The average Bonchev–Trinajstić information content (AvgIpc) is 3.00. The molecule has 0 spiro atoms. The van der Waals surface area contributed by atoms with Crippen molar-refractivity contribution in [2.45, 2.75) is 25.3 Å². The van der Waals surface area contributed by atoms with Gasteiger partial charge in [-0.05, 0) is 85.0 Å². The molecule has 4 aromatic rings. The van der Waals surface area contributed by atoms with Gasteiger partial charge in [0.1, 0.15) is 0 Å². The lowest BCUT2D eigenvalue weighted by atomic mass is 10.0. The fourth-order valence-corrected chi connectivity index (χ4v) is 5.29. The fraction of sp³-hybridized carbons (Fsp3) is 0.111. The van der Waals surface area contributed by atoms with E-state index in [4.69, 9.17) is 0 Å². The van der Waals surface area contributed by atoms with Crippen LogP contribution in [0, 0.1) is 0 Å². The van der Waals surface area contributed by atoms with Crippen molar-refractivity contribution in [1.29, 1.82) is 0 Å². The van der Waals surface area contributed by atoms with E-state index in [1.165, 1.54) is 22.5 Å². The molecule has 0 bridgehead atoms. The van der Waals surface area contributed by atoms with Gasteiger partial charge in [-0.15, -0.1) is 0 Å². The first-order valence-corrected chi connectivity index (χ1v) is 13.5. The molecule has 6 rings (SSSR count). The number of hydrogen-bond donors (Lipinski definition) is 0. The van der Waals surface area contributed by atoms with Crippen molar-refractivity contribution < 1.29 is 0 Å². The highest BCUT2D eigenvalue weighted by atomic mass is 15.2. The third kappa shape index (κ3) is 5.12. The number of benzene rings is 4. The standard InChI is InChI=1S/C36H32N2/c1-5-13-31(14-6-1)37(32-15-7-2-8-16-32)35-25-21-29(22-26-35)30-23-27-36(28-24-30)38(33-17-9-3-10-18-33)34-19-11-4-12-20-34/h1-3,5-11,13-17,19-28,33H,4,12,18H2. The van der Waals surface area contributed by atoms with Gasteiger partial charge in [0.15, 0.2) is 0 Å². The molecule has 186 valence electrons. The van der Waals surface area contributed by atoms with Crippen LogP contribution in [0.3, 0.4) is 0 Å². The molecular formula is C36H32N2. The molecule has 0 amide bonds. The Morgan fingerprint density at radius 2 is 1.11 bits per heavy atom. The molecule has 1 unspecified atom stereocenters. The smallest absolute Gasteiger partial charge is 0.0559 e. The van der Waals surface area contributed by atoms with Gasteiger partial charge in [0.2, 0.25) is 0 Å². The van der Waals surface area contributed by atoms with Crippen LogP contribution in [-0.4, -0.2) is 6.04 Å². The zero-order valence-corrected chi connectivity index (χ0v) is 21.5. The highest BCUT2D eigenvalue weighted by Crippen LogP contribution is 2.36. The van der Waals surface area contributed by atoms with Crippen molar-refractivity contribution in [3.05, 3.63) is 157 Å². The van der Waals surface area contributed by atoms with Crippen LogP contribution in [0.5, 0.6) is 0 Å². The van der Waals surface area contributed by atoms with Crippen molar-refractivity contribution in [2.24, 2.45) is 0 Å². The lowest BCUT2D eigenvalue weighted by Gasteiger charge is -2.34. The van der Waals surface area contributed by atoms with E-state index in [2.05, 4.69) is 162 Å². The SMILES string of the molecule is C1=CCC(N(C2=CCCC=C2)c2ccc(-c3ccc(N(c4ccccc4)c4ccccc4)cc3)cc2)C=C1. The second-order valence-corrected chi connectivity index (χ2v) is 9.70. The van der Waals surface area contributed by atoms with Gasteiger partial charge < -0.3 is 9.80 Å². The van der Waals surface area contributed by atoms with Crippen molar-refractivity contribution in [2.75, 3.05) is 9.80 Å². The fourth-order valence-electron chi connectivity index (χ4n) is 5.29. The molecule has 38 heavy (non-hydrogen) atoms. The summed E-state index contributed by atoms with van der Waals surface area (Å²) >= 11 is 0. The molecular weight excluding hydrogens is 460 g/mol. The van der Waals surface area contributed by atoms with Crippen LogP contribution in [0.15, 0.2) is 157 Å². The van der Waals surface area contributed by atoms with Crippen LogP contribution < -0.4 is 9.80 Å². The number of para-hydroxylation sites is 2. The van der Waals surface area contributed by atoms with Crippen molar-refractivity contribution in [3.63, 3.8) is 0 Å². The summed E-state index contributed by atoms with van der Waals surface area (Å²) in [6, 6.07) is 39.3. The van der Waals surface area contributed by atoms with E-state index < -0.39 is 0 Å². The van der Waals surface area contributed by atoms with E-state index >= 15 is 0 Å². The Bertz CT molecular complexity index is 1420. The summed E-state index contributed by atoms with van der Waals surface area (Å²) in [6.07, 6.45) is 19.0. The topological polar surface area (TPSA) is 6.48 Å². The van der Waals surface area contributed by atoms with E-state index in [-0.39, 0.29) is 0 Å². The Hall–Kier alpha value is -4.56. The molecule has 2 nitrogen and oxygen atoms in total. The first kappa shape index (κ1) is 23.8. The van der Waals surface area contributed by atoms with E-state index in [1.54, 1.807) is 0 Å². The molecule has 0 fully saturated rings. The quantitative estimate of drug-likeness (QED) is 0.253. The normalized spacial score (nSPS) is 16.2. The predicted molar refractivity (Wildman–Crippen MR) is 162 cm³/mol. The lowest BCUT2D eigenvalue weighted by molar-refractivity contribution is 0.755. The molecule has 2 aliphatic rings. The number of nitrogens with zero attached hydrogens (tertiary/aromatic N) is 2. The second-order valence-electron chi connectivity index (χ2n) is 9.70. The van der Waals surface area contributed by atoms with Crippen molar-refractivity contribution >= 4 is 22.7 Å². The molecule has 2 heteroatoms. The van der Waals surface area contributed by atoms with Gasteiger partial charge in [-0.3, -0.25) is 0 Å². The molecule has 4 aromatic carbocycles. The molecule has 0 aromatic heterocycles. The van der Waals surface area contributed by atoms with E-state index in [0.29, 0.717) is 6.04 Å². The van der Waals surface area contributed by atoms with Gasteiger partial charge in [-0.25, -0.2) is 0 Å². The number of hydrogen-bond acceptors (Lipinski definition) is 2. The maximum absolute atomic E-state index is 2.47. The highest BCUT2D eigenvalue weighted by Gasteiger charge is 2.20. The third-order valence-corrected chi connectivity index (χ3v) is 7.18. The number of allylic oxidation sites excluding steroid dienone is 5. The Morgan fingerprint density at radius 1 is 0.526 bits per heavy atom. The van der Waals surface area contributed by atoms with Crippen LogP contribution in [-0.2, 0) is 0 Å². The molecule has 0 heterocycles. The molecule has 0 saturated carbocycles. The maximum Gasteiger partial charge on any atom is 0.0559 e. The van der Waals surface area contributed by atoms with Crippen LogP contribution in [0.4, 0.5) is 22.7 Å². The Morgan fingerprint density at radius 3 is 1.63 bits per heavy atom. The minimum Gasteiger partial charge on any atom is -0.335 e. The lowest BCUT2D eigenvalue weighted by Crippen LogP contribution is -2.33. The van der Waals surface area contributed by atoms with Crippen molar-refractivity contribution in [3.8, 4) is 11.1 Å². The second kappa shape index (κ2) is 11.2. The molecule has 0 aliphatic heterocycles. The minimum atomic E-state index is 0.334. The first-order valence-electron chi connectivity index (χ1n) is 13.5. The zero-order chi connectivity index (χ0) is 25.6. The summed E-state index contributed by atoms with van der Waals surface area (Å²) in [5, 5.41) is 0. The van der Waals surface area contributed by atoms with Gasteiger partial charge >= 0.3 is 0 Å². The Balaban J connectivity index is 1.28. The van der Waals surface area contributed by atoms with Crippen LogP contribution in [0.1, 0.15) is 19.3 Å². The third-order valence-electron chi connectivity index (χ3n) is 7.18. The van der Waals surface area contributed by atoms with Crippen LogP contribution in [0.2, 0.25) is 0 Å². The summed E-state index contributed by atoms with van der Waals surface area (Å²) in [7, 11) is 0.